The van der Waals surface area contributed by atoms with Crippen LogP contribution in [0.2, 0.25) is 5.02 Å². The maximum atomic E-state index is 12.8. The van der Waals surface area contributed by atoms with Gasteiger partial charge in [0.2, 0.25) is 11.8 Å². The Morgan fingerprint density at radius 3 is 2.52 bits per heavy atom. The smallest absolute Gasteiger partial charge is 0.319 e. The Morgan fingerprint density at radius 2 is 1.91 bits per heavy atom. The average Bonchev–Trinajstić information content (AvgIpc) is 2.79. The molecule has 3 rings (SSSR count). The summed E-state index contributed by atoms with van der Waals surface area (Å²) in [5.41, 5.74) is 3.27. The molecule has 2 aromatic carbocycles. The molecule has 33 heavy (non-hydrogen) atoms. The van der Waals surface area contributed by atoms with Crippen LogP contribution in [-0.4, -0.2) is 30.6 Å². The summed E-state index contributed by atoms with van der Waals surface area (Å²) in [7, 11) is 1.20. The molecule has 0 unspecified atom stereocenters. The predicted octanol–water partition coefficient (Wildman–Crippen LogP) is 4.07. The number of ether oxygens (including phenoxy) is 1. The lowest BCUT2D eigenvalue weighted by molar-refractivity contribution is -0.150. The standard InChI is InChI=1S/C24H22ClN3O4S/c1-13-4-7-15(8-5-13)20-17(11-26)23(28-22(30)21(20)24(31)32-3)33-12-19(29)27-16-9-6-14(2)18(25)10-16/h4-10,20-21H,12H2,1-3H3,(H,27,29)(H,28,30)/t20-,21+/m1/s1. The number of nitriles is 1. The van der Waals surface area contributed by atoms with Crippen LogP contribution in [0, 0.1) is 31.1 Å². The molecule has 0 aromatic heterocycles. The lowest BCUT2D eigenvalue weighted by Crippen LogP contribution is -2.44. The third kappa shape index (κ3) is 5.56. The number of anilines is 1. The number of aryl methyl sites for hydroxylation is 2. The van der Waals surface area contributed by atoms with Crippen LogP contribution in [0.4, 0.5) is 5.69 Å². The van der Waals surface area contributed by atoms with Crippen molar-refractivity contribution in [3.8, 4) is 6.07 Å². The minimum Gasteiger partial charge on any atom is -0.468 e. The van der Waals surface area contributed by atoms with Gasteiger partial charge in [-0.2, -0.15) is 5.26 Å². The molecule has 1 aliphatic heterocycles. The lowest BCUT2D eigenvalue weighted by atomic mass is 9.78. The lowest BCUT2D eigenvalue weighted by Gasteiger charge is -2.31. The van der Waals surface area contributed by atoms with E-state index in [0.29, 0.717) is 16.3 Å². The highest BCUT2D eigenvalue weighted by molar-refractivity contribution is 8.03. The Kier molecular flexibility index (Phi) is 7.79. The molecule has 7 nitrogen and oxygen atoms in total. The molecule has 2 N–H and O–H groups in total. The van der Waals surface area contributed by atoms with Crippen LogP contribution in [0.25, 0.3) is 0 Å². The van der Waals surface area contributed by atoms with Gasteiger partial charge in [0.05, 0.1) is 29.5 Å². The van der Waals surface area contributed by atoms with E-state index in [4.69, 9.17) is 16.3 Å². The Labute approximate surface area is 201 Å². The van der Waals surface area contributed by atoms with Gasteiger partial charge in [0.25, 0.3) is 0 Å². The van der Waals surface area contributed by atoms with Gasteiger partial charge in [-0.3, -0.25) is 14.4 Å². The van der Waals surface area contributed by atoms with E-state index in [1.165, 1.54) is 7.11 Å². The number of halogens is 1. The molecule has 170 valence electrons. The highest BCUT2D eigenvalue weighted by Crippen LogP contribution is 2.40. The summed E-state index contributed by atoms with van der Waals surface area (Å²) in [6.07, 6.45) is 0. The molecule has 1 aliphatic rings. The summed E-state index contributed by atoms with van der Waals surface area (Å²) in [6, 6.07) is 14.6. The number of carbonyl (C=O) groups excluding carboxylic acids is 3. The number of methoxy groups -OCH3 is 1. The number of allylic oxidation sites excluding steroid dienone is 1. The van der Waals surface area contributed by atoms with Gasteiger partial charge in [-0.25, -0.2) is 0 Å². The molecule has 0 saturated heterocycles. The first-order valence-electron chi connectivity index (χ1n) is 10.0. The van der Waals surface area contributed by atoms with E-state index < -0.39 is 23.7 Å². The number of amides is 2. The molecule has 2 amide bonds. The SMILES string of the molecule is COC(=O)[C@@H]1C(=O)NC(SCC(=O)Nc2ccc(C)c(Cl)c2)=C(C#N)[C@H]1c1ccc(C)cc1. The number of nitrogens with one attached hydrogen (secondary N) is 2. The monoisotopic (exact) mass is 483 g/mol. The van der Waals surface area contributed by atoms with Gasteiger partial charge < -0.3 is 15.4 Å². The largest absolute Gasteiger partial charge is 0.468 e. The summed E-state index contributed by atoms with van der Waals surface area (Å²) < 4.78 is 4.83. The maximum absolute atomic E-state index is 12.8. The van der Waals surface area contributed by atoms with Gasteiger partial charge in [0.1, 0.15) is 5.92 Å². The average molecular weight is 484 g/mol. The fraction of sp³-hybridized carbons (Fsp3) is 0.250. The van der Waals surface area contributed by atoms with Crippen LogP contribution >= 0.6 is 23.4 Å². The van der Waals surface area contributed by atoms with E-state index in [9.17, 15) is 19.6 Å². The number of thioether (sulfide) groups is 1. The van der Waals surface area contributed by atoms with Gasteiger partial charge in [-0.1, -0.05) is 59.3 Å². The van der Waals surface area contributed by atoms with Gasteiger partial charge in [0.15, 0.2) is 0 Å². The van der Waals surface area contributed by atoms with E-state index in [2.05, 4.69) is 16.7 Å². The van der Waals surface area contributed by atoms with Crippen molar-refractivity contribution in [1.82, 2.24) is 5.32 Å². The van der Waals surface area contributed by atoms with Crippen LogP contribution < -0.4 is 10.6 Å². The molecule has 9 heteroatoms. The Hall–Kier alpha value is -3.28. The van der Waals surface area contributed by atoms with Crippen LogP contribution in [0.15, 0.2) is 53.1 Å². The predicted molar refractivity (Wildman–Crippen MR) is 127 cm³/mol. The van der Waals surface area contributed by atoms with Crippen molar-refractivity contribution in [2.24, 2.45) is 5.92 Å². The van der Waals surface area contributed by atoms with Crippen molar-refractivity contribution in [3.63, 3.8) is 0 Å². The first-order valence-corrected chi connectivity index (χ1v) is 11.4. The van der Waals surface area contributed by atoms with Crippen LogP contribution in [-0.2, 0) is 19.1 Å². The van der Waals surface area contributed by atoms with Gasteiger partial charge in [-0.05, 0) is 37.1 Å². The number of carbonyl (C=O) groups is 3. The van der Waals surface area contributed by atoms with E-state index >= 15 is 0 Å². The van der Waals surface area contributed by atoms with Crippen LogP contribution in [0.3, 0.4) is 0 Å². The number of rotatable bonds is 6. The Bertz CT molecular complexity index is 1170. The maximum Gasteiger partial charge on any atom is 0.319 e. The van der Waals surface area contributed by atoms with Crippen molar-refractivity contribution in [1.29, 1.82) is 5.26 Å². The second-order valence-electron chi connectivity index (χ2n) is 7.53. The first kappa shape index (κ1) is 24.4. The molecular formula is C24H22ClN3O4S. The number of nitrogens with zero attached hydrogens (tertiary/aromatic N) is 1. The number of benzene rings is 2. The van der Waals surface area contributed by atoms with E-state index in [1.54, 1.807) is 30.3 Å². The minimum absolute atomic E-state index is 0.0597. The summed E-state index contributed by atoms with van der Waals surface area (Å²) in [5.74, 6) is -3.74. The van der Waals surface area contributed by atoms with Crippen molar-refractivity contribution < 1.29 is 19.1 Å². The number of esters is 1. The summed E-state index contributed by atoms with van der Waals surface area (Å²) >= 11 is 7.12. The minimum atomic E-state index is -1.21. The normalized spacial score (nSPS) is 17.7. The third-order valence-electron chi connectivity index (χ3n) is 5.22. The van der Waals surface area contributed by atoms with E-state index in [-0.39, 0.29) is 22.3 Å². The van der Waals surface area contributed by atoms with Gasteiger partial charge in [0, 0.05) is 16.6 Å². The number of hydrogen-bond acceptors (Lipinski definition) is 6. The zero-order chi connectivity index (χ0) is 24.1. The van der Waals surface area contributed by atoms with Gasteiger partial charge >= 0.3 is 5.97 Å². The topological polar surface area (TPSA) is 108 Å². The van der Waals surface area contributed by atoms with Crippen molar-refractivity contribution in [2.45, 2.75) is 19.8 Å². The zero-order valence-electron chi connectivity index (χ0n) is 18.3. The quantitative estimate of drug-likeness (QED) is 0.473. The number of hydrogen-bond donors (Lipinski definition) is 2. The highest BCUT2D eigenvalue weighted by atomic mass is 35.5. The van der Waals surface area contributed by atoms with Crippen LogP contribution in [0.1, 0.15) is 22.6 Å². The summed E-state index contributed by atoms with van der Waals surface area (Å²) in [6.45, 7) is 3.77. The molecule has 2 atom stereocenters. The fourth-order valence-electron chi connectivity index (χ4n) is 3.46. The molecule has 1 heterocycles. The van der Waals surface area contributed by atoms with Gasteiger partial charge in [-0.15, -0.1) is 0 Å². The molecule has 0 aliphatic carbocycles. The van der Waals surface area contributed by atoms with E-state index in [1.807, 2.05) is 26.0 Å². The molecule has 0 radical (unpaired) electrons. The highest BCUT2D eigenvalue weighted by Gasteiger charge is 2.44. The van der Waals surface area contributed by atoms with Crippen molar-refractivity contribution in [3.05, 3.63) is 74.8 Å². The Morgan fingerprint density at radius 1 is 1.21 bits per heavy atom. The molecule has 0 saturated carbocycles. The molecule has 0 bridgehead atoms. The third-order valence-corrected chi connectivity index (χ3v) is 6.65. The first-order chi connectivity index (χ1) is 15.7. The molecule has 0 fully saturated rings. The summed E-state index contributed by atoms with van der Waals surface area (Å²) in [4.78, 5) is 37.7. The zero-order valence-corrected chi connectivity index (χ0v) is 19.8. The Balaban J connectivity index is 1.87. The van der Waals surface area contributed by atoms with E-state index in [0.717, 1.165) is 22.9 Å². The molecule has 2 aromatic rings. The molecular weight excluding hydrogens is 462 g/mol. The second-order valence-corrected chi connectivity index (χ2v) is 8.93. The van der Waals surface area contributed by atoms with Crippen LogP contribution in [0.5, 0.6) is 0 Å². The fourth-order valence-corrected chi connectivity index (χ4v) is 4.49. The summed E-state index contributed by atoms with van der Waals surface area (Å²) in [5, 5.41) is 16.0. The van der Waals surface area contributed by atoms with Crippen molar-refractivity contribution in [2.75, 3.05) is 18.2 Å². The second kappa shape index (κ2) is 10.6. The van der Waals surface area contributed by atoms with Crippen molar-refractivity contribution >= 4 is 46.8 Å². The molecule has 0 spiro atoms.